The van der Waals surface area contributed by atoms with E-state index < -0.39 is 29.3 Å². The number of nitro groups is 1. The van der Waals surface area contributed by atoms with Crippen LogP contribution in [0.2, 0.25) is 0 Å². The fourth-order valence-corrected chi connectivity index (χ4v) is 2.94. The van der Waals surface area contributed by atoms with Gasteiger partial charge in [-0.25, -0.2) is 4.79 Å². The quantitative estimate of drug-likeness (QED) is 0.186. The summed E-state index contributed by atoms with van der Waals surface area (Å²) in [4.78, 5) is 58.5. The summed E-state index contributed by atoms with van der Waals surface area (Å²) in [5, 5.41) is 13.7. The van der Waals surface area contributed by atoms with Gasteiger partial charge in [0, 0.05) is 30.2 Å². The summed E-state index contributed by atoms with van der Waals surface area (Å²) >= 11 is 0. The third-order valence-corrected chi connectivity index (χ3v) is 4.80. The molecule has 0 fully saturated rings. The Morgan fingerprint density at radius 1 is 0.972 bits per heavy atom. The minimum atomic E-state index is -0.678. The number of nitrogens with one attached hydrogen (secondary N) is 1. The van der Waals surface area contributed by atoms with Gasteiger partial charge in [-0.15, -0.1) is 0 Å². The topological polar surface area (TPSA) is 151 Å². The summed E-state index contributed by atoms with van der Waals surface area (Å²) in [7, 11) is 1.27. The van der Waals surface area contributed by atoms with Crippen molar-refractivity contribution in [3.8, 4) is 5.75 Å². The zero-order chi connectivity index (χ0) is 26.7. The molecule has 0 radical (unpaired) electrons. The number of hydrogen-bond acceptors (Lipinski definition) is 9. The molecule has 0 aliphatic carbocycles. The molecular formula is C25H28N2O9. The van der Waals surface area contributed by atoms with Gasteiger partial charge in [0.1, 0.15) is 0 Å². The number of esters is 2. The van der Waals surface area contributed by atoms with Crippen molar-refractivity contribution in [3.05, 3.63) is 63.7 Å². The van der Waals surface area contributed by atoms with Crippen LogP contribution in [-0.4, -0.2) is 48.9 Å². The Kier molecular flexibility index (Phi) is 10.5. The van der Waals surface area contributed by atoms with Gasteiger partial charge in [0.25, 0.3) is 0 Å². The number of anilines is 1. The van der Waals surface area contributed by atoms with Gasteiger partial charge in [0.2, 0.25) is 11.7 Å². The van der Waals surface area contributed by atoms with Crippen LogP contribution in [0.4, 0.5) is 11.4 Å². The van der Waals surface area contributed by atoms with E-state index in [1.165, 1.54) is 19.2 Å². The van der Waals surface area contributed by atoms with E-state index in [1.54, 1.807) is 24.3 Å². The van der Waals surface area contributed by atoms with Gasteiger partial charge in [-0.1, -0.05) is 13.8 Å². The molecule has 0 aliphatic rings. The Balaban J connectivity index is 1.73. The highest BCUT2D eigenvalue weighted by Gasteiger charge is 2.19. The second-order valence-electron chi connectivity index (χ2n) is 8.20. The third kappa shape index (κ3) is 8.82. The molecule has 2 aromatic rings. The van der Waals surface area contributed by atoms with E-state index >= 15 is 0 Å². The number of nitro benzene ring substituents is 1. The lowest BCUT2D eigenvalue weighted by atomic mass is 10.1. The van der Waals surface area contributed by atoms with Crippen LogP contribution in [0.5, 0.6) is 5.75 Å². The zero-order valence-corrected chi connectivity index (χ0v) is 20.3. The first-order chi connectivity index (χ1) is 17.1. The number of amides is 1. The lowest BCUT2D eigenvalue weighted by molar-refractivity contribution is -0.385. The summed E-state index contributed by atoms with van der Waals surface area (Å²) in [6.07, 6.45) is 0.127. The molecule has 0 aromatic heterocycles. The Labute approximate surface area is 207 Å². The molecule has 0 saturated heterocycles. The van der Waals surface area contributed by atoms with Crippen LogP contribution in [0.1, 0.15) is 53.8 Å². The maximum atomic E-state index is 12.2. The number of ketones is 1. The summed E-state index contributed by atoms with van der Waals surface area (Å²) < 4.78 is 14.9. The van der Waals surface area contributed by atoms with Gasteiger partial charge in [-0.2, -0.15) is 0 Å². The molecule has 0 saturated carbocycles. The van der Waals surface area contributed by atoms with Crippen molar-refractivity contribution in [3.63, 3.8) is 0 Å². The predicted octanol–water partition coefficient (Wildman–Crippen LogP) is 3.95. The number of benzene rings is 2. The van der Waals surface area contributed by atoms with E-state index in [0.29, 0.717) is 17.9 Å². The molecule has 11 heteroatoms. The first-order valence-electron chi connectivity index (χ1n) is 11.2. The van der Waals surface area contributed by atoms with Crippen molar-refractivity contribution in [1.82, 2.24) is 0 Å². The number of rotatable bonds is 13. The molecule has 0 bridgehead atoms. The van der Waals surface area contributed by atoms with E-state index in [9.17, 15) is 29.3 Å². The van der Waals surface area contributed by atoms with Crippen LogP contribution in [0.15, 0.2) is 42.5 Å². The summed E-state index contributed by atoms with van der Waals surface area (Å²) in [6, 6.07) is 9.93. The maximum absolute atomic E-state index is 12.2. The number of ether oxygens (including phenoxy) is 3. The van der Waals surface area contributed by atoms with Crippen molar-refractivity contribution in [1.29, 1.82) is 0 Å². The molecule has 0 heterocycles. The van der Waals surface area contributed by atoms with Crippen LogP contribution in [0, 0.1) is 16.0 Å². The SMILES string of the molecule is COc1ccc(C(=O)COC(=O)CCCC(=O)Nc2ccc(C(=O)OCC(C)C)cc2)cc1[N+](=O)[O-]. The van der Waals surface area contributed by atoms with Gasteiger partial charge < -0.3 is 19.5 Å². The van der Waals surface area contributed by atoms with Gasteiger partial charge in [-0.3, -0.25) is 24.5 Å². The Hall–Kier alpha value is -4.28. The molecule has 0 unspecified atom stereocenters. The first-order valence-corrected chi connectivity index (χ1v) is 11.2. The predicted molar refractivity (Wildman–Crippen MR) is 129 cm³/mol. The van der Waals surface area contributed by atoms with Crippen molar-refractivity contribution < 1.29 is 38.3 Å². The molecule has 192 valence electrons. The minimum Gasteiger partial charge on any atom is -0.490 e. The van der Waals surface area contributed by atoms with Gasteiger partial charge in [-0.05, 0) is 48.7 Å². The van der Waals surface area contributed by atoms with Crippen molar-refractivity contribution in [2.24, 2.45) is 5.92 Å². The summed E-state index contributed by atoms with van der Waals surface area (Å²) in [5.74, 6) is -1.83. The second-order valence-corrected chi connectivity index (χ2v) is 8.20. The van der Waals surface area contributed by atoms with Gasteiger partial charge in [0.15, 0.2) is 12.4 Å². The summed E-state index contributed by atoms with van der Waals surface area (Å²) in [6.45, 7) is 3.60. The second kappa shape index (κ2) is 13.6. The largest absolute Gasteiger partial charge is 0.490 e. The van der Waals surface area contributed by atoms with Crippen molar-refractivity contribution in [2.45, 2.75) is 33.1 Å². The van der Waals surface area contributed by atoms with E-state index in [2.05, 4.69) is 5.32 Å². The van der Waals surface area contributed by atoms with Crippen LogP contribution < -0.4 is 10.1 Å². The smallest absolute Gasteiger partial charge is 0.338 e. The molecule has 1 N–H and O–H groups in total. The Morgan fingerprint density at radius 2 is 1.64 bits per heavy atom. The molecular weight excluding hydrogens is 472 g/mol. The number of carbonyl (C=O) groups excluding carboxylic acids is 4. The Morgan fingerprint density at radius 3 is 2.25 bits per heavy atom. The average Bonchev–Trinajstić information content (AvgIpc) is 2.85. The molecule has 0 aliphatic heterocycles. The molecule has 0 atom stereocenters. The summed E-state index contributed by atoms with van der Waals surface area (Å²) in [5.41, 5.74) is 0.493. The molecule has 1 amide bonds. The number of Topliss-reactive ketones (excluding diaryl/α,β-unsaturated/α-hetero) is 1. The minimum absolute atomic E-state index is 0.00640. The molecule has 36 heavy (non-hydrogen) atoms. The lowest BCUT2D eigenvalue weighted by Gasteiger charge is -2.09. The lowest BCUT2D eigenvalue weighted by Crippen LogP contribution is -2.16. The van der Waals surface area contributed by atoms with Gasteiger partial charge in [0.05, 0.1) is 24.2 Å². The average molecular weight is 501 g/mol. The van der Waals surface area contributed by atoms with Crippen molar-refractivity contribution >= 4 is 35.0 Å². The molecule has 11 nitrogen and oxygen atoms in total. The highest BCUT2D eigenvalue weighted by Crippen LogP contribution is 2.27. The highest BCUT2D eigenvalue weighted by molar-refractivity contribution is 5.99. The van der Waals surface area contributed by atoms with E-state index in [0.717, 1.165) is 6.07 Å². The van der Waals surface area contributed by atoms with E-state index in [1.807, 2.05) is 13.8 Å². The maximum Gasteiger partial charge on any atom is 0.338 e. The molecule has 2 aromatic carbocycles. The number of hydrogen-bond donors (Lipinski definition) is 1. The third-order valence-electron chi connectivity index (χ3n) is 4.80. The fraction of sp³-hybridized carbons (Fsp3) is 0.360. The van der Waals surface area contributed by atoms with Crippen LogP contribution in [0.25, 0.3) is 0 Å². The standard InChI is InChI=1S/C25H28N2O9/c1-16(2)14-36-25(31)17-7-10-19(11-8-17)26-23(29)5-4-6-24(30)35-15-21(28)18-9-12-22(34-3)20(13-18)27(32)33/h7-13,16H,4-6,14-15H2,1-3H3,(H,26,29). The van der Waals surface area contributed by atoms with Gasteiger partial charge >= 0.3 is 17.6 Å². The monoisotopic (exact) mass is 500 g/mol. The van der Waals surface area contributed by atoms with Crippen LogP contribution in [0.3, 0.4) is 0 Å². The number of nitrogens with zero attached hydrogens (tertiary/aromatic N) is 1. The highest BCUT2D eigenvalue weighted by atomic mass is 16.6. The Bertz CT molecular complexity index is 1110. The normalized spacial score (nSPS) is 10.4. The molecule has 0 spiro atoms. The van der Waals surface area contributed by atoms with E-state index in [-0.39, 0.29) is 48.1 Å². The fourth-order valence-electron chi connectivity index (χ4n) is 2.94. The first kappa shape index (κ1) is 28.0. The van der Waals surface area contributed by atoms with Crippen molar-refractivity contribution in [2.75, 3.05) is 25.6 Å². The molecule has 2 rings (SSSR count). The number of methoxy groups -OCH3 is 1. The van der Waals surface area contributed by atoms with Crippen LogP contribution >= 0.6 is 0 Å². The van der Waals surface area contributed by atoms with Crippen LogP contribution in [-0.2, 0) is 19.1 Å². The van der Waals surface area contributed by atoms with E-state index in [4.69, 9.17) is 14.2 Å². The number of carbonyl (C=O) groups is 4. The zero-order valence-electron chi connectivity index (χ0n) is 20.3.